The van der Waals surface area contributed by atoms with Gasteiger partial charge in [-0.1, -0.05) is 12.1 Å². The molecule has 2 aromatic heterocycles. The molecule has 1 amide bonds. The quantitative estimate of drug-likeness (QED) is 0.724. The number of aromatic nitrogens is 1. The highest BCUT2D eigenvalue weighted by atomic mass is 32.1. The Morgan fingerprint density at radius 2 is 2.00 bits per heavy atom. The third-order valence-electron chi connectivity index (χ3n) is 3.43. The van der Waals surface area contributed by atoms with Crippen LogP contribution in [-0.4, -0.2) is 22.8 Å². The van der Waals surface area contributed by atoms with E-state index in [9.17, 15) is 4.79 Å². The number of thiazole rings is 1. The van der Waals surface area contributed by atoms with Gasteiger partial charge in [-0.05, 0) is 37.6 Å². The molecule has 2 heterocycles. The Kier molecular flexibility index (Phi) is 3.78. The van der Waals surface area contributed by atoms with Crippen molar-refractivity contribution in [1.82, 2.24) is 9.88 Å². The van der Waals surface area contributed by atoms with Gasteiger partial charge < -0.3 is 4.90 Å². The summed E-state index contributed by atoms with van der Waals surface area (Å²) in [4.78, 5) is 20.8. The minimum absolute atomic E-state index is 0.0652. The second kappa shape index (κ2) is 5.58. The maximum atomic E-state index is 12.4. The fourth-order valence-corrected chi connectivity index (χ4v) is 4.18. The number of aryl methyl sites for hydroxylation is 2. The summed E-state index contributed by atoms with van der Waals surface area (Å²) in [7, 11) is 1.83. The molecule has 0 spiro atoms. The average Bonchev–Trinajstić information content (AvgIpc) is 3.01. The molecule has 0 aliphatic heterocycles. The van der Waals surface area contributed by atoms with Gasteiger partial charge in [-0.15, -0.1) is 22.7 Å². The Morgan fingerprint density at radius 1 is 1.24 bits per heavy atom. The molecule has 0 aliphatic rings. The van der Waals surface area contributed by atoms with Crippen molar-refractivity contribution in [3.63, 3.8) is 0 Å². The molecule has 0 aliphatic carbocycles. The second-order valence-corrected chi connectivity index (χ2v) is 7.46. The summed E-state index contributed by atoms with van der Waals surface area (Å²) < 4.78 is 1.16. The largest absolute Gasteiger partial charge is 0.334 e. The Balaban J connectivity index is 1.79. The molecule has 3 nitrogen and oxygen atoms in total. The number of nitrogens with zero attached hydrogens (tertiary/aromatic N) is 2. The number of amides is 1. The number of benzene rings is 1. The Hall–Kier alpha value is -1.72. The molecule has 0 unspecified atom stereocenters. The van der Waals surface area contributed by atoms with E-state index in [-0.39, 0.29) is 5.91 Å². The lowest BCUT2D eigenvalue weighted by Gasteiger charge is -2.14. The molecule has 0 radical (unpaired) electrons. The molecule has 1 aromatic carbocycles. The maximum Gasteiger partial charge on any atom is 0.264 e. The van der Waals surface area contributed by atoms with Crippen LogP contribution in [0.3, 0.4) is 0 Å². The van der Waals surface area contributed by atoms with Crippen LogP contribution in [0.15, 0.2) is 30.3 Å². The van der Waals surface area contributed by atoms with E-state index in [0.29, 0.717) is 6.54 Å². The SMILES string of the molecule is Cc1cc(C(=O)N(C)Cc2nc3ccccc3s2)sc1C. The Morgan fingerprint density at radius 3 is 2.67 bits per heavy atom. The normalized spacial score (nSPS) is 11.0. The van der Waals surface area contributed by atoms with Crippen molar-refractivity contribution in [2.45, 2.75) is 20.4 Å². The molecular formula is C16H16N2OS2. The number of thiophene rings is 1. The lowest BCUT2D eigenvalue weighted by atomic mass is 10.3. The predicted octanol–water partition coefficient (Wildman–Crippen LogP) is 4.25. The van der Waals surface area contributed by atoms with Crippen LogP contribution >= 0.6 is 22.7 Å². The highest BCUT2D eigenvalue weighted by molar-refractivity contribution is 7.18. The number of rotatable bonds is 3. The number of fused-ring (bicyclic) bond motifs is 1. The van der Waals surface area contributed by atoms with Gasteiger partial charge in [0.2, 0.25) is 0 Å². The standard InChI is InChI=1S/C16H16N2OS2/c1-10-8-14(20-11(10)2)16(19)18(3)9-15-17-12-6-4-5-7-13(12)21-15/h4-8H,9H2,1-3H3. The lowest BCUT2D eigenvalue weighted by Crippen LogP contribution is -2.25. The summed E-state index contributed by atoms with van der Waals surface area (Å²) in [6, 6.07) is 10.0. The van der Waals surface area contributed by atoms with Crippen LogP contribution in [0.25, 0.3) is 10.2 Å². The van der Waals surface area contributed by atoms with E-state index in [1.807, 2.05) is 45.2 Å². The van der Waals surface area contributed by atoms with Gasteiger partial charge in [-0.25, -0.2) is 4.98 Å². The van der Waals surface area contributed by atoms with Crippen LogP contribution < -0.4 is 0 Å². The van der Waals surface area contributed by atoms with E-state index in [0.717, 1.165) is 20.1 Å². The fourth-order valence-electron chi connectivity index (χ4n) is 2.13. The van der Waals surface area contributed by atoms with Gasteiger partial charge in [-0.3, -0.25) is 4.79 Å². The zero-order valence-electron chi connectivity index (χ0n) is 12.2. The third kappa shape index (κ3) is 2.84. The van der Waals surface area contributed by atoms with E-state index in [1.165, 1.54) is 10.4 Å². The van der Waals surface area contributed by atoms with Crippen LogP contribution in [0, 0.1) is 13.8 Å². The Labute approximate surface area is 131 Å². The van der Waals surface area contributed by atoms with Crippen molar-refractivity contribution in [1.29, 1.82) is 0 Å². The van der Waals surface area contributed by atoms with E-state index in [2.05, 4.69) is 11.1 Å². The molecule has 0 fully saturated rings. The van der Waals surface area contributed by atoms with Crippen molar-refractivity contribution in [2.24, 2.45) is 0 Å². The van der Waals surface area contributed by atoms with Crippen LogP contribution in [0.5, 0.6) is 0 Å². The summed E-state index contributed by atoms with van der Waals surface area (Å²) >= 11 is 3.20. The summed E-state index contributed by atoms with van der Waals surface area (Å²) in [6.45, 7) is 4.63. The highest BCUT2D eigenvalue weighted by Crippen LogP contribution is 2.25. The summed E-state index contributed by atoms with van der Waals surface area (Å²) in [5.41, 5.74) is 2.18. The van der Waals surface area contributed by atoms with Gasteiger partial charge in [-0.2, -0.15) is 0 Å². The minimum Gasteiger partial charge on any atom is -0.334 e. The maximum absolute atomic E-state index is 12.4. The van der Waals surface area contributed by atoms with E-state index in [1.54, 1.807) is 27.6 Å². The first-order valence-corrected chi connectivity index (χ1v) is 8.35. The first-order chi connectivity index (χ1) is 10.0. The number of hydrogen-bond acceptors (Lipinski definition) is 4. The zero-order valence-corrected chi connectivity index (χ0v) is 13.8. The predicted molar refractivity (Wildman–Crippen MR) is 89.2 cm³/mol. The second-order valence-electron chi connectivity index (χ2n) is 5.09. The lowest BCUT2D eigenvalue weighted by molar-refractivity contribution is 0.0790. The average molecular weight is 316 g/mol. The minimum atomic E-state index is 0.0652. The van der Waals surface area contributed by atoms with Crippen LogP contribution in [0.4, 0.5) is 0 Å². The van der Waals surface area contributed by atoms with E-state index < -0.39 is 0 Å². The van der Waals surface area contributed by atoms with E-state index in [4.69, 9.17) is 0 Å². The first kappa shape index (κ1) is 14.2. The van der Waals surface area contributed by atoms with Crippen LogP contribution in [0.1, 0.15) is 25.1 Å². The molecule has 108 valence electrons. The first-order valence-electron chi connectivity index (χ1n) is 6.71. The van der Waals surface area contributed by atoms with Crippen LogP contribution in [-0.2, 0) is 6.54 Å². The molecule has 0 atom stereocenters. The van der Waals surface area contributed by atoms with Crippen molar-refractivity contribution >= 4 is 38.8 Å². The van der Waals surface area contributed by atoms with Crippen molar-refractivity contribution in [2.75, 3.05) is 7.05 Å². The molecule has 5 heteroatoms. The summed E-state index contributed by atoms with van der Waals surface area (Å²) in [5, 5.41) is 0.969. The Bertz CT molecular complexity index is 751. The topological polar surface area (TPSA) is 33.2 Å². The van der Waals surface area contributed by atoms with Crippen molar-refractivity contribution in [3.05, 3.63) is 50.7 Å². The molecule has 0 saturated heterocycles. The smallest absolute Gasteiger partial charge is 0.264 e. The van der Waals surface area contributed by atoms with Gasteiger partial charge in [0, 0.05) is 11.9 Å². The number of carbonyl (C=O) groups is 1. The van der Waals surface area contributed by atoms with Gasteiger partial charge >= 0.3 is 0 Å². The van der Waals surface area contributed by atoms with Crippen molar-refractivity contribution in [3.8, 4) is 0 Å². The zero-order chi connectivity index (χ0) is 15.0. The van der Waals surface area contributed by atoms with Crippen molar-refractivity contribution < 1.29 is 4.79 Å². The highest BCUT2D eigenvalue weighted by Gasteiger charge is 2.16. The number of carbonyl (C=O) groups excluding carboxylic acids is 1. The summed E-state index contributed by atoms with van der Waals surface area (Å²) in [5.74, 6) is 0.0652. The number of para-hydroxylation sites is 1. The molecule has 21 heavy (non-hydrogen) atoms. The molecule has 3 rings (SSSR count). The fraction of sp³-hybridized carbons (Fsp3) is 0.250. The van der Waals surface area contributed by atoms with Gasteiger partial charge in [0.1, 0.15) is 5.01 Å². The molecule has 3 aromatic rings. The molecule has 0 saturated carbocycles. The molecule has 0 bridgehead atoms. The van der Waals surface area contributed by atoms with Gasteiger partial charge in [0.15, 0.2) is 0 Å². The van der Waals surface area contributed by atoms with Gasteiger partial charge in [0.25, 0.3) is 5.91 Å². The molecular weight excluding hydrogens is 300 g/mol. The molecule has 0 N–H and O–H groups in total. The summed E-state index contributed by atoms with van der Waals surface area (Å²) in [6.07, 6.45) is 0. The van der Waals surface area contributed by atoms with Crippen LogP contribution in [0.2, 0.25) is 0 Å². The monoisotopic (exact) mass is 316 g/mol. The third-order valence-corrected chi connectivity index (χ3v) is 5.60. The van der Waals surface area contributed by atoms with Gasteiger partial charge in [0.05, 0.1) is 21.6 Å². The number of hydrogen-bond donors (Lipinski definition) is 0. The van der Waals surface area contributed by atoms with E-state index >= 15 is 0 Å².